The molecule has 0 spiro atoms. The molecule has 2 atom stereocenters. The number of hydrogen-bond donors (Lipinski definition) is 2. The summed E-state index contributed by atoms with van der Waals surface area (Å²) in [6, 6.07) is 4.15. The second-order valence-corrected chi connectivity index (χ2v) is 5.65. The lowest BCUT2D eigenvalue weighted by atomic mass is 9.88. The number of nitro benzene ring substituents is 1. The van der Waals surface area contributed by atoms with Crippen molar-refractivity contribution in [3.8, 4) is 0 Å². The van der Waals surface area contributed by atoms with Gasteiger partial charge in [0.2, 0.25) is 0 Å². The standard InChI is InChI=1S/C14H19ClN2O4/c1-4-9(2)14(3,19)8-16-13(18)10-6-5-7-11(15)12(10)17(20)21/h5-7,9,19H,4,8H2,1-3H3,(H,16,18). The molecule has 0 fully saturated rings. The van der Waals surface area contributed by atoms with Gasteiger partial charge in [-0.1, -0.05) is 37.9 Å². The first-order valence-electron chi connectivity index (χ1n) is 6.64. The summed E-state index contributed by atoms with van der Waals surface area (Å²) in [6.07, 6.45) is 0.750. The zero-order valence-electron chi connectivity index (χ0n) is 12.2. The molecule has 1 aromatic carbocycles. The molecular formula is C14H19ClN2O4. The van der Waals surface area contributed by atoms with Crippen LogP contribution in [0.1, 0.15) is 37.6 Å². The van der Waals surface area contributed by atoms with Crippen LogP contribution in [0.2, 0.25) is 5.02 Å². The van der Waals surface area contributed by atoms with Crippen LogP contribution >= 0.6 is 11.6 Å². The van der Waals surface area contributed by atoms with E-state index in [4.69, 9.17) is 11.6 Å². The second-order valence-electron chi connectivity index (χ2n) is 5.24. The smallest absolute Gasteiger partial charge is 0.300 e. The minimum atomic E-state index is -1.09. The number of aliphatic hydroxyl groups is 1. The Morgan fingerprint density at radius 2 is 2.19 bits per heavy atom. The average Bonchev–Trinajstić information content (AvgIpc) is 2.43. The van der Waals surface area contributed by atoms with Gasteiger partial charge < -0.3 is 10.4 Å². The lowest BCUT2D eigenvalue weighted by Crippen LogP contribution is -2.45. The molecule has 0 aliphatic heterocycles. The number of nitro groups is 1. The summed E-state index contributed by atoms with van der Waals surface area (Å²) >= 11 is 5.76. The summed E-state index contributed by atoms with van der Waals surface area (Å²) in [4.78, 5) is 22.4. The van der Waals surface area contributed by atoms with Crippen LogP contribution in [0.25, 0.3) is 0 Å². The number of benzene rings is 1. The number of halogens is 1. The molecule has 7 heteroatoms. The molecule has 0 saturated heterocycles. The van der Waals surface area contributed by atoms with E-state index in [1.54, 1.807) is 6.92 Å². The Balaban J connectivity index is 2.92. The number of carbonyl (C=O) groups excluding carboxylic acids is 1. The quantitative estimate of drug-likeness (QED) is 0.623. The predicted molar refractivity (Wildman–Crippen MR) is 80.5 cm³/mol. The van der Waals surface area contributed by atoms with Gasteiger partial charge in [-0.3, -0.25) is 14.9 Å². The lowest BCUT2D eigenvalue weighted by molar-refractivity contribution is -0.385. The Morgan fingerprint density at radius 3 is 2.71 bits per heavy atom. The Bertz CT molecular complexity index is 546. The van der Waals surface area contributed by atoms with Crippen molar-refractivity contribution in [3.63, 3.8) is 0 Å². The molecule has 0 aliphatic rings. The Kier molecular flexibility index (Phi) is 5.69. The number of hydrogen-bond acceptors (Lipinski definition) is 4. The Hall–Kier alpha value is -1.66. The molecule has 0 heterocycles. The number of nitrogens with one attached hydrogen (secondary N) is 1. The van der Waals surface area contributed by atoms with Crippen LogP contribution in [0.5, 0.6) is 0 Å². The van der Waals surface area contributed by atoms with Crippen molar-refractivity contribution in [3.05, 3.63) is 38.9 Å². The Labute approximate surface area is 128 Å². The van der Waals surface area contributed by atoms with Crippen molar-refractivity contribution in [2.24, 2.45) is 5.92 Å². The topological polar surface area (TPSA) is 92.5 Å². The molecule has 0 aromatic heterocycles. The lowest BCUT2D eigenvalue weighted by Gasteiger charge is -2.29. The van der Waals surface area contributed by atoms with E-state index in [0.717, 1.165) is 6.42 Å². The van der Waals surface area contributed by atoms with Crippen LogP contribution in [0.3, 0.4) is 0 Å². The van der Waals surface area contributed by atoms with Crippen molar-refractivity contribution in [1.82, 2.24) is 5.32 Å². The summed E-state index contributed by atoms with van der Waals surface area (Å²) in [5.74, 6) is -0.653. The molecule has 2 unspecified atom stereocenters. The largest absolute Gasteiger partial charge is 0.388 e. The van der Waals surface area contributed by atoms with Gasteiger partial charge in [0.1, 0.15) is 10.6 Å². The Morgan fingerprint density at radius 1 is 1.57 bits per heavy atom. The maximum Gasteiger partial charge on any atom is 0.300 e. The minimum absolute atomic E-state index is 0.00447. The van der Waals surface area contributed by atoms with Crippen LogP contribution in [-0.2, 0) is 0 Å². The van der Waals surface area contributed by atoms with Gasteiger partial charge in [-0.05, 0) is 25.0 Å². The molecule has 1 amide bonds. The molecule has 0 aliphatic carbocycles. The molecule has 0 radical (unpaired) electrons. The van der Waals surface area contributed by atoms with E-state index in [9.17, 15) is 20.0 Å². The first kappa shape index (κ1) is 17.4. The highest BCUT2D eigenvalue weighted by atomic mass is 35.5. The number of para-hydroxylation sites is 1. The molecule has 21 heavy (non-hydrogen) atoms. The summed E-state index contributed by atoms with van der Waals surface area (Å²) in [7, 11) is 0. The highest BCUT2D eigenvalue weighted by Gasteiger charge is 2.29. The highest BCUT2D eigenvalue weighted by Crippen LogP contribution is 2.28. The van der Waals surface area contributed by atoms with Crippen LogP contribution < -0.4 is 5.32 Å². The van der Waals surface area contributed by atoms with Gasteiger partial charge in [0.05, 0.1) is 10.5 Å². The van der Waals surface area contributed by atoms with Gasteiger partial charge in [0.25, 0.3) is 5.91 Å². The maximum absolute atomic E-state index is 12.1. The summed E-state index contributed by atoms with van der Waals surface area (Å²) in [5.41, 5.74) is -1.63. The van der Waals surface area contributed by atoms with Crippen molar-refractivity contribution in [1.29, 1.82) is 0 Å². The number of rotatable bonds is 6. The molecular weight excluding hydrogens is 296 g/mol. The zero-order valence-corrected chi connectivity index (χ0v) is 13.0. The molecule has 6 nitrogen and oxygen atoms in total. The fourth-order valence-corrected chi connectivity index (χ4v) is 2.10. The zero-order chi connectivity index (χ0) is 16.2. The second kappa shape index (κ2) is 6.87. The summed E-state index contributed by atoms with van der Waals surface area (Å²) in [6.45, 7) is 5.43. The van der Waals surface area contributed by atoms with E-state index in [2.05, 4.69) is 5.32 Å². The molecule has 1 aromatic rings. The number of carbonyl (C=O) groups is 1. The van der Waals surface area contributed by atoms with Gasteiger partial charge in [0, 0.05) is 6.54 Å². The van der Waals surface area contributed by atoms with Crippen molar-refractivity contribution in [2.45, 2.75) is 32.8 Å². The van der Waals surface area contributed by atoms with E-state index < -0.39 is 22.1 Å². The molecule has 1 rings (SSSR count). The minimum Gasteiger partial charge on any atom is -0.388 e. The van der Waals surface area contributed by atoms with Crippen molar-refractivity contribution >= 4 is 23.2 Å². The van der Waals surface area contributed by atoms with Gasteiger partial charge in [-0.2, -0.15) is 0 Å². The van der Waals surface area contributed by atoms with Crippen LogP contribution in [-0.4, -0.2) is 28.1 Å². The average molecular weight is 315 g/mol. The molecule has 0 saturated carbocycles. The monoisotopic (exact) mass is 314 g/mol. The normalized spacial score (nSPS) is 15.1. The van der Waals surface area contributed by atoms with E-state index in [1.165, 1.54) is 18.2 Å². The van der Waals surface area contributed by atoms with E-state index in [-0.39, 0.29) is 23.0 Å². The summed E-state index contributed by atoms with van der Waals surface area (Å²) < 4.78 is 0. The predicted octanol–water partition coefficient (Wildman–Crippen LogP) is 2.78. The van der Waals surface area contributed by atoms with Crippen molar-refractivity contribution < 1.29 is 14.8 Å². The highest BCUT2D eigenvalue weighted by molar-refractivity contribution is 6.33. The van der Waals surface area contributed by atoms with Crippen LogP contribution in [0.4, 0.5) is 5.69 Å². The van der Waals surface area contributed by atoms with Gasteiger partial charge in [-0.15, -0.1) is 0 Å². The van der Waals surface area contributed by atoms with Gasteiger partial charge in [-0.25, -0.2) is 0 Å². The third kappa shape index (κ3) is 4.15. The van der Waals surface area contributed by atoms with Crippen molar-refractivity contribution in [2.75, 3.05) is 6.54 Å². The first-order valence-corrected chi connectivity index (χ1v) is 7.02. The first-order chi connectivity index (χ1) is 9.70. The van der Waals surface area contributed by atoms with E-state index in [0.29, 0.717) is 0 Å². The third-order valence-electron chi connectivity index (χ3n) is 3.69. The van der Waals surface area contributed by atoms with Gasteiger partial charge >= 0.3 is 5.69 Å². The number of amides is 1. The number of nitrogens with zero attached hydrogens (tertiary/aromatic N) is 1. The third-order valence-corrected chi connectivity index (χ3v) is 4.00. The van der Waals surface area contributed by atoms with E-state index in [1.807, 2.05) is 13.8 Å². The van der Waals surface area contributed by atoms with Crippen LogP contribution in [0.15, 0.2) is 18.2 Å². The SMILES string of the molecule is CCC(C)C(C)(O)CNC(=O)c1cccc(Cl)c1[N+](=O)[O-]. The fraction of sp³-hybridized carbons (Fsp3) is 0.500. The maximum atomic E-state index is 12.1. The van der Waals surface area contributed by atoms with Gasteiger partial charge in [0.15, 0.2) is 0 Å². The fourth-order valence-electron chi connectivity index (χ4n) is 1.85. The molecule has 116 valence electrons. The molecule has 2 N–H and O–H groups in total. The van der Waals surface area contributed by atoms with E-state index >= 15 is 0 Å². The van der Waals surface area contributed by atoms with Crippen LogP contribution in [0, 0.1) is 16.0 Å². The summed E-state index contributed by atoms with van der Waals surface area (Å²) in [5, 5.41) is 23.7. The molecule has 0 bridgehead atoms.